The Morgan fingerprint density at radius 3 is 2.62 bits per heavy atom. The monoisotopic (exact) mass is 398 g/mol. The molecule has 2 N–H and O–H groups in total. The Morgan fingerprint density at radius 1 is 1.14 bits per heavy atom. The molecule has 1 aliphatic rings. The number of rotatable bonds is 8. The van der Waals surface area contributed by atoms with Crippen molar-refractivity contribution in [3.8, 4) is 0 Å². The van der Waals surface area contributed by atoms with Crippen LogP contribution in [0.1, 0.15) is 68.9 Å². The molecule has 29 heavy (non-hydrogen) atoms. The zero-order valence-electron chi connectivity index (χ0n) is 17.9. The van der Waals surface area contributed by atoms with Gasteiger partial charge in [-0.1, -0.05) is 19.0 Å². The number of hydrogen-bond donors (Lipinski definition) is 2. The molecule has 0 bridgehead atoms. The number of aromatic nitrogens is 2. The van der Waals surface area contributed by atoms with Crippen molar-refractivity contribution in [2.24, 2.45) is 4.99 Å². The van der Waals surface area contributed by atoms with Crippen LogP contribution in [0.3, 0.4) is 0 Å². The Balaban J connectivity index is 1.50. The number of hydrogen-bond acceptors (Lipinski definition) is 5. The van der Waals surface area contributed by atoms with E-state index in [1.165, 1.54) is 24.8 Å². The number of piperidine rings is 1. The summed E-state index contributed by atoms with van der Waals surface area (Å²) >= 11 is 0. The molecule has 3 rings (SSSR count). The van der Waals surface area contributed by atoms with E-state index in [0.717, 1.165) is 49.2 Å². The third-order valence-electron chi connectivity index (χ3n) is 5.58. The van der Waals surface area contributed by atoms with Gasteiger partial charge in [0.1, 0.15) is 5.82 Å². The number of nitrogens with one attached hydrogen (secondary N) is 2. The van der Waals surface area contributed by atoms with Crippen molar-refractivity contribution in [3.05, 3.63) is 41.4 Å². The minimum absolute atomic E-state index is 0.464. The fourth-order valence-corrected chi connectivity index (χ4v) is 3.76. The lowest BCUT2D eigenvalue weighted by Gasteiger charge is -2.28. The molecule has 2 aromatic rings. The van der Waals surface area contributed by atoms with E-state index in [4.69, 9.17) is 4.52 Å². The lowest BCUT2D eigenvalue weighted by atomic mass is 9.99. The maximum atomic E-state index is 5.48. The standard InChI is InChI=1S/C22H34N6O/c1-4-18(5-2)20-14-19(29-27-20)16-26-22(23-3)25-15-17-9-10-24-21(13-17)28-11-7-6-8-12-28/h9-10,13-14,18H,4-8,11-12,15-16H2,1-3H3,(H2,23,25,26). The summed E-state index contributed by atoms with van der Waals surface area (Å²) in [5.74, 6) is 3.10. The predicted octanol–water partition coefficient (Wildman–Crippen LogP) is 3.83. The minimum Gasteiger partial charge on any atom is -0.359 e. The molecular weight excluding hydrogens is 364 g/mol. The van der Waals surface area contributed by atoms with Crippen molar-refractivity contribution in [2.45, 2.75) is 65.0 Å². The van der Waals surface area contributed by atoms with E-state index >= 15 is 0 Å². The molecule has 3 heterocycles. The highest BCUT2D eigenvalue weighted by atomic mass is 16.5. The quantitative estimate of drug-likeness (QED) is 0.520. The third kappa shape index (κ3) is 5.95. The molecule has 2 aromatic heterocycles. The summed E-state index contributed by atoms with van der Waals surface area (Å²) in [7, 11) is 1.77. The highest BCUT2D eigenvalue weighted by Crippen LogP contribution is 2.22. The summed E-state index contributed by atoms with van der Waals surface area (Å²) in [6.45, 7) is 7.82. The molecule has 0 aromatic carbocycles. The molecule has 1 fully saturated rings. The van der Waals surface area contributed by atoms with Gasteiger partial charge in [-0.25, -0.2) is 4.98 Å². The molecule has 0 aliphatic carbocycles. The van der Waals surface area contributed by atoms with Crippen molar-refractivity contribution in [2.75, 3.05) is 25.0 Å². The lowest BCUT2D eigenvalue weighted by molar-refractivity contribution is 0.368. The van der Waals surface area contributed by atoms with Gasteiger partial charge in [-0.3, -0.25) is 4.99 Å². The predicted molar refractivity (Wildman–Crippen MR) is 117 cm³/mol. The molecule has 158 valence electrons. The first kappa shape index (κ1) is 21.1. The van der Waals surface area contributed by atoms with E-state index in [-0.39, 0.29) is 0 Å². The first-order chi connectivity index (χ1) is 14.2. The molecule has 0 atom stereocenters. The van der Waals surface area contributed by atoms with Crippen LogP contribution in [0, 0.1) is 0 Å². The minimum atomic E-state index is 0.464. The highest BCUT2D eigenvalue weighted by Gasteiger charge is 2.14. The Kier molecular flexibility index (Phi) is 7.90. The fourth-order valence-electron chi connectivity index (χ4n) is 3.76. The fraction of sp³-hybridized carbons (Fsp3) is 0.591. The summed E-state index contributed by atoms with van der Waals surface area (Å²) in [5.41, 5.74) is 2.23. The topological polar surface area (TPSA) is 78.6 Å². The maximum absolute atomic E-state index is 5.48. The van der Waals surface area contributed by atoms with Crippen LogP contribution in [0.4, 0.5) is 5.82 Å². The number of nitrogens with zero attached hydrogens (tertiary/aromatic N) is 4. The molecule has 1 aliphatic heterocycles. The largest absolute Gasteiger partial charge is 0.359 e. The van der Waals surface area contributed by atoms with Gasteiger partial charge in [0.25, 0.3) is 0 Å². The molecular formula is C22H34N6O. The molecule has 1 saturated heterocycles. The zero-order valence-corrected chi connectivity index (χ0v) is 17.9. The van der Waals surface area contributed by atoms with Crippen LogP contribution in [0.15, 0.2) is 33.9 Å². The van der Waals surface area contributed by atoms with Crippen molar-refractivity contribution in [3.63, 3.8) is 0 Å². The Bertz CT molecular complexity index is 777. The van der Waals surface area contributed by atoms with Crippen LogP contribution in [-0.2, 0) is 13.1 Å². The van der Waals surface area contributed by atoms with Crippen molar-refractivity contribution >= 4 is 11.8 Å². The first-order valence-corrected chi connectivity index (χ1v) is 10.8. The van der Waals surface area contributed by atoms with Gasteiger partial charge in [0.15, 0.2) is 11.7 Å². The van der Waals surface area contributed by atoms with Crippen molar-refractivity contribution in [1.82, 2.24) is 20.8 Å². The summed E-state index contributed by atoms with van der Waals surface area (Å²) < 4.78 is 5.48. The van der Waals surface area contributed by atoms with E-state index in [1.807, 2.05) is 18.3 Å². The van der Waals surface area contributed by atoms with Crippen LogP contribution in [0.25, 0.3) is 0 Å². The molecule has 0 spiro atoms. The van der Waals surface area contributed by atoms with Crippen LogP contribution >= 0.6 is 0 Å². The number of guanidine groups is 1. The second-order valence-electron chi connectivity index (χ2n) is 7.58. The molecule has 0 amide bonds. The molecule has 0 unspecified atom stereocenters. The van der Waals surface area contributed by atoms with Crippen LogP contribution in [0.2, 0.25) is 0 Å². The first-order valence-electron chi connectivity index (χ1n) is 10.8. The van der Waals surface area contributed by atoms with Gasteiger partial charge in [-0.05, 0) is 49.8 Å². The number of anilines is 1. The van der Waals surface area contributed by atoms with E-state index in [2.05, 4.69) is 50.6 Å². The zero-order chi connectivity index (χ0) is 20.5. The van der Waals surface area contributed by atoms with E-state index < -0.39 is 0 Å². The van der Waals surface area contributed by atoms with E-state index in [9.17, 15) is 0 Å². The van der Waals surface area contributed by atoms with Crippen molar-refractivity contribution < 1.29 is 4.52 Å². The Labute approximate surface area is 174 Å². The Morgan fingerprint density at radius 2 is 1.90 bits per heavy atom. The van der Waals surface area contributed by atoms with Gasteiger partial charge < -0.3 is 20.1 Å². The van der Waals surface area contributed by atoms with Gasteiger partial charge in [-0.15, -0.1) is 0 Å². The Hall–Kier alpha value is -2.57. The van der Waals surface area contributed by atoms with Crippen molar-refractivity contribution in [1.29, 1.82) is 0 Å². The second kappa shape index (κ2) is 10.8. The smallest absolute Gasteiger partial charge is 0.191 e. The average Bonchev–Trinajstić information content (AvgIpc) is 3.24. The summed E-state index contributed by atoms with van der Waals surface area (Å²) in [6, 6.07) is 6.27. The number of pyridine rings is 1. The van der Waals surface area contributed by atoms with Crippen LogP contribution < -0.4 is 15.5 Å². The summed E-state index contributed by atoms with van der Waals surface area (Å²) in [6.07, 6.45) is 7.87. The van der Waals surface area contributed by atoms with Gasteiger partial charge in [0.2, 0.25) is 0 Å². The summed E-state index contributed by atoms with van der Waals surface area (Å²) in [5, 5.41) is 10.9. The second-order valence-corrected chi connectivity index (χ2v) is 7.58. The molecule has 7 heteroatoms. The molecule has 7 nitrogen and oxygen atoms in total. The van der Waals surface area contributed by atoms with E-state index in [0.29, 0.717) is 19.0 Å². The third-order valence-corrected chi connectivity index (χ3v) is 5.58. The highest BCUT2D eigenvalue weighted by molar-refractivity contribution is 5.79. The maximum Gasteiger partial charge on any atom is 0.191 e. The van der Waals surface area contributed by atoms with Gasteiger partial charge in [-0.2, -0.15) is 0 Å². The SMILES string of the molecule is CCC(CC)c1cc(CNC(=NC)NCc2ccnc(N3CCCCC3)c2)on1. The average molecular weight is 399 g/mol. The molecule has 0 radical (unpaired) electrons. The van der Waals surface area contributed by atoms with Crippen LogP contribution in [0.5, 0.6) is 0 Å². The summed E-state index contributed by atoms with van der Waals surface area (Å²) in [4.78, 5) is 11.2. The molecule has 0 saturated carbocycles. The normalized spacial score (nSPS) is 15.0. The van der Waals surface area contributed by atoms with E-state index in [1.54, 1.807) is 7.05 Å². The van der Waals surface area contributed by atoms with Gasteiger partial charge in [0, 0.05) is 44.9 Å². The van der Waals surface area contributed by atoms with Gasteiger partial charge >= 0.3 is 0 Å². The lowest BCUT2D eigenvalue weighted by Crippen LogP contribution is -2.36. The number of aliphatic imine (C=N–C) groups is 1. The van der Waals surface area contributed by atoms with Gasteiger partial charge in [0.05, 0.1) is 12.2 Å². The van der Waals surface area contributed by atoms with Crippen LogP contribution in [-0.4, -0.2) is 36.2 Å².